The molecule has 0 radical (unpaired) electrons. The molecule has 0 aromatic heterocycles. The molecule has 3 aliphatic rings. The average molecular weight is 701 g/mol. The second kappa shape index (κ2) is 13.5. The number of fused-ring (bicyclic) bond motifs is 1. The fraction of sp³-hybridized carbons (Fsp3) is 0.324. The Morgan fingerprint density at radius 1 is 0.979 bits per heavy atom. The number of carbonyl (C=O) groups excluding carboxylic acids is 3. The molecular weight excluding hydrogens is 662 g/mol. The first-order valence-corrected chi connectivity index (χ1v) is 16.6. The van der Waals surface area contributed by atoms with E-state index >= 15 is 4.79 Å². The Bertz CT molecular complexity index is 1640. The van der Waals surface area contributed by atoms with E-state index in [9.17, 15) is 14.7 Å². The van der Waals surface area contributed by atoms with Crippen LogP contribution in [-0.2, 0) is 19.1 Å². The number of ether oxygens (including phenoxy) is 2. The minimum atomic E-state index is -1.34. The number of anilines is 2. The molecule has 3 aliphatic heterocycles. The summed E-state index contributed by atoms with van der Waals surface area (Å²) >= 11 is 3.77. The van der Waals surface area contributed by atoms with Gasteiger partial charge >= 0.3 is 0 Å². The number of alkyl halides is 1. The number of likely N-dealkylation sites (tertiary alicyclic amines) is 1. The van der Waals surface area contributed by atoms with Crippen LogP contribution in [0.15, 0.2) is 110 Å². The maximum absolute atomic E-state index is 15.0. The SMILES string of the molecule is C=CCN(C(=O)C1N([C@H](CO)c2ccccc2)C(=O)[C@@H]2[C@@H](C(=O)N(CC=C)c3ccccc3)[C@@H]3OC12CC3Br)c1ccc(OC)cc1. The van der Waals surface area contributed by atoms with E-state index in [0.29, 0.717) is 29.1 Å². The van der Waals surface area contributed by atoms with E-state index in [4.69, 9.17) is 9.47 Å². The Morgan fingerprint density at radius 3 is 2.13 bits per heavy atom. The van der Waals surface area contributed by atoms with Crippen molar-refractivity contribution in [3.63, 3.8) is 0 Å². The van der Waals surface area contributed by atoms with E-state index in [2.05, 4.69) is 29.1 Å². The molecule has 7 atom stereocenters. The van der Waals surface area contributed by atoms with Crippen molar-refractivity contribution in [2.45, 2.75) is 35.0 Å². The highest BCUT2D eigenvalue weighted by Gasteiger charge is 2.77. The third-order valence-electron chi connectivity index (χ3n) is 9.55. The minimum absolute atomic E-state index is 0.157. The van der Waals surface area contributed by atoms with Gasteiger partial charge in [0.1, 0.15) is 17.4 Å². The van der Waals surface area contributed by atoms with Crippen molar-refractivity contribution in [3.05, 3.63) is 116 Å². The average Bonchev–Trinajstić information content (AvgIpc) is 3.70. The predicted octanol–water partition coefficient (Wildman–Crippen LogP) is 4.92. The largest absolute Gasteiger partial charge is 0.497 e. The number of halogens is 1. The van der Waals surface area contributed by atoms with Crippen LogP contribution in [-0.4, -0.2) is 77.1 Å². The molecule has 3 aromatic carbocycles. The summed E-state index contributed by atoms with van der Waals surface area (Å²) in [5, 5.41) is 10.9. The number of nitrogens with zero attached hydrogens (tertiary/aromatic N) is 3. The van der Waals surface area contributed by atoms with Crippen LogP contribution in [0.25, 0.3) is 0 Å². The van der Waals surface area contributed by atoms with Crippen LogP contribution in [0, 0.1) is 11.8 Å². The quantitative estimate of drug-likeness (QED) is 0.213. The maximum atomic E-state index is 15.0. The fourth-order valence-corrected chi connectivity index (χ4v) is 8.54. The normalized spacial score (nSPS) is 26.4. The molecule has 47 heavy (non-hydrogen) atoms. The van der Waals surface area contributed by atoms with Gasteiger partial charge in [-0.1, -0.05) is 76.6 Å². The highest BCUT2D eigenvalue weighted by atomic mass is 79.9. The summed E-state index contributed by atoms with van der Waals surface area (Å²) in [6.45, 7) is 7.71. The number of amides is 3. The number of methoxy groups -OCH3 is 1. The van der Waals surface area contributed by atoms with Crippen molar-refractivity contribution in [3.8, 4) is 5.75 Å². The number of benzene rings is 3. The van der Waals surface area contributed by atoms with Gasteiger partial charge in [-0.25, -0.2) is 0 Å². The summed E-state index contributed by atoms with van der Waals surface area (Å²) in [5.74, 6) is -2.28. The minimum Gasteiger partial charge on any atom is -0.497 e. The Balaban J connectivity index is 1.49. The number of para-hydroxylation sites is 1. The van der Waals surface area contributed by atoms with Gasteiger partial charge in [-0.15, -0.1) is 13.2 Å². The molecule has 3 fully saturated rings. The molecule has 1 N–H and O–H groups in total. The van der Waals surface area contributed by atoms with Gasteiger partial charge in [-0.2, -0.15) is 0 Å². The van der Waals surface area contributed by atoms with Crippen LogP contribution in [0.3, 0.4) is 0 Å². The molecule has 6 rings (SSSR count). The zero-order chi connectivity index (χ0) is 33.3. The molecule has 10 heteroatoms. The number of aliphatic hydroxyl groups is 1. The van der Waals surface area contributed by atoms with Crippen LogP contribution in [0.4, 0.5) is 11.4 Å². The van der Waals surface area contributed by atoms with Crippen LogP contribution in [0.5, 0.6) is 5.75 Å². The van der Waals surface area contributed by atoms with Crippen molar-refractivity contribution >= 4 is 45.0 Å². The first-order valence-electron chi connectivity index (χ1n) is 15.6. The summed E-state index contributed by atoms with van der Waals surface area (Å²) in [6, 6.07) is 23.5. The molecule has 3 saturated heterocycles. The number of aliphatic hydroxyl groups excluding tert-OH is 1. The van der Waals surface area contributed by atoms with Gasteiger partial charge < -0.3 is 29.3 Å². The molecule has 9 nitrogen and oxygen atoms in total. The first kappa shape index (κ1) is 32.7. The van der Waals surface area contributed by atoms with Crippen LogP contribution in [0.1, 0.15) is 18.0 Å². The predicted molar refractivity (Wildman–Crippen MR) is 183 cm³/mol. The van der Waals surface area contributed by atoms with Crippen molar-refractivity contribution in [1.29, 1.82) is 0 Å². The highest BCUT2D eigenvalue weighted by Crippen LogP contribution is 2.61. The lowest BCUT2D eigenvalue weighted by Gasteiger charge is -2.39. The first-order chi connectivity index (χ1) is 22.8. The highest BCUT2D eigenvalue weighted by molar-refractivity contribution is 9.09. The molecule has 3 unspecified atom stereocenters. The van der Waals surface area contributed by atoms with E-state index in [1.165, 1.54) is 4.90 Å². The van der Waals surface area contributed by atoms with Gasteiger partial charge in [0.15, 0.2) is 0 Å². The molecular formula is C37H38BrN3O6. The van der Waals surface area contributed by atoms with Crippen LogP contribution in [0.2, 0.25) is 0 Å². The monoisotopic (exact) mass is 699 g/mol. The van der Waals surface area contributed by atoms with Gasteiger partial charge in [-0.05, 0) is 48.4 Å². The molecule has 244 valence electrons. The summed E-state index contributed by atoms with van der Waals surface area (Å²) < 4.78 is 12.1. The zero-order valence-electron chi connectivity index (χ0n) is 26.2. The molecule has 0 saturated carbocycles. The second-order valence-electron chi connectivity index (χ2n) is 12.0. The topological polar surface area (TPSA) is 99.6 Å². The Hall–Kier alpha value is -4.25. The smallest absolute Gasteiger partial charge is 0.253 e. The molecule has 3 heterocycles. The van der Waals surface area contributed by atoms with Crippen molar-refractivity contribution in [2.75, 3.05) is 36.6 Å². The van der Waals surface area contributed by atoms with Crippen LogP contribution < -0.4 is 14.5 Å². The maximum Gasteiger partial charge on any atom is 0.253 e. The Morgan fingerprint density at radius 2 is 1.55 bits per heavy atom. The van der Waals surface area contributed by atoms with Crippen molar-refractivity contribution in [1.82, 2.24) is 4.90 Å². The summed E-state index contributed by atoms with van der Waals surface area (Å²) in [5.41, 5.74) is 0.588. The van der Waals surface area contributed by atoms with Gasteiger partial charge in [0, 0.05) is 29.3 Å². The molecule has 0 aliphatic carbocycles. The van der Waals surface area contributed by atoms with Gasteiger partial charge in [0.05, 0.1) is 37.7 Å². The number of hydrogen-bond donors (Lipinski definition) is 1. The van der Waals surface area contributed by atoms with E-state index in [-0.39, 0.29) is 29.7 Å². The van der Waals surface area contributed by atoms with E-state index < -0.39 is 48.1 Å². The molecule has 3 aromatic rings. The second-order valence-corrected chi connectivity index (χ2v) is 13.2. The van der Waals surface area contributed by atoms with Crippen molar-refractivity contribution in [2.24, 2.45) is 11.8 Å². The van der Waals surface area contributed by atoms with Crippen molar-refractivity contribution < 1.29 is 29.0 Å². The number of carbonyl (C=O) groups is 3. The zero-order valence-corrected chi connectivity index (χ0v) is 27.7. The van der Waals surface area contributed by atoms with E-state index in [1.54, 1.807) is 53.3 Å². The lowest BCUT2D eigenvalue weighted by Crippen LogP contribution is -2.58. The fourth-order valence-electron chi connectivity index (χ4n) is 7.60. The Kier molecular flexibility index (Phi) is 9.36. The lowest BCUT2D eigenvalue weighted by atomic mass is 9.70. The molecule has 1 spiro atoms. The van der Waals surface area contributed by atoms with Gasteiger partial charge in [0.25, 0.3) is 5.91 Å². The number of rotatable bonds is 12. The molecule has 3 amide bonds. The Labute approximate surface area is 283 Å². The lowest BCUT2D eigenvalue weighted by molar-refractivity contribution is -0.144. The third-order valence-corrected chi connectivity index (χ3v) is 10.4. The van der Waals surface area contributed by atoms with Gasteiger partial charge in [-0.3, -0.25) is 14.4 Å². The molecule has 2 bridgehead atoms. The van der Waals surface area contributed by atoms with Gasteiger partial charge in [0.2, 0.25) is 11.8 Å². The summed E-state index contributed by atoms with van der Waals surface area (Å²) in [4.78, 5) is 48.9. The number of hydrogen-bond acceptors (Lipinski definition) is 6. The summed E-state index contributed by atoms with van der Waals surface area (Å²) in [7, 11) is 1.57. The summed E-state index contributed by atoms with van der Waals surface area (Å²) in [6.07, 6.45) is 2.95. The third kappa shape index (κ3) is 5.48. The van der Waals surface area contributed by atoms with Crippen LogP contribution >= 0.6 is 15.9 Å². The standard InChI is InChI=1S/C37H38BrN3O6/c1-4-20-39(25-14-10-7-11-15-25)34(43)30-31-35(44)41(29(23-42)24-12-8-6-9-13-24)33(37(31)22-28(38)32(30)47-37)36(45)40(21-5-2)26-16-18-27(46-3)19-17-26/h4-19,28-33,42H,1-2,20-23H2,3H3/t28?,29-,30-,31+,32-,33?,37?/m1/s1. The van der Waals surface area contributed by atoms with E-state index in [0.717, 1.165) is 0 Å². The van der Waals surface area contributed by atoms with E-state index in [1.807, 2.05) is 60.7 Å².